The first-order valence-corrected chi connectivity index (χ1v) is 10.9. The van der Waals surface area contributed by atoms with Crippen LogP contribution in [0.1, 0.15) is 42.5 Å². The van der Waals surface area contributed by atoms with Crippen LogP contribution in [-0.2, 0) is 9.59 Å². The molecule has 3 amide bonds. The molecule has 4 rings (SSSR count). The molecule has 0 radical (unpaired) electrons. The Morgan fingerprint density at radius 2 is 2.03 bits per heavy atom. The van der Waals surface area contributed by atoms with Gasteiger partial charge < -0.3 is 15.5 Å². The zero-order valence-electron chi connectivity index (χ0n) is 16.7. The van der Waals surface area contributed by atoms with Gasteiger partial charge in [-0.2, -0.15) is 0 Å². The maximum atomic E-state index is 13.3. The first-order chi connectivity index (χ1) is 14.4. The standard InChI is InChI=1S/C21H26ClFN4O3/c22-16-9-13(3-5-17(16)23)20(29)25-14-10-18-21(30)24-11-15(27(18)12-14)4-6-19(28)26-7-1-2-8-26/h3,5,9,14-15,18H,1-2,4,6-8,10-12H2,(H,24,30)(H,25,29)/t14-,15+,18-/m0/s1. The molecule has 0 bridgehead atoms. The predicted octanol–water partition coefficient (Wildman–Crippen LogP) is 1.55. The van der Waals surface area contributed by atoms with Crippen molar-refractivity contribution in [2.45, 2.75) is 50.2 Å². The normalized spacial score (nSPS) is 26.4. The molecule has 3 aliphatic heterocycles. The highest BCUT2D eigenvalue weighted by Crippen LogP contribution is 2.27. The van der Waals surface area contributed by atoms with Crippen LogP contribution in [0, 0.1) is 5.82 Å². The molecule has 0 spiro atoms. The SMILES string of the molecule is O=C(N[C@H]1C[C@H]2C(=O)NC[C@@H](CCC(=O)N3CCCC3)N2C1)c1ccc(F)c(Cl)c1. The molecule has 3 aliphatic rings. The van der Waals surface area contributed by atoms with Gasteiger partial charge >= 0.3 is 0 Å². The molecule has 0 unspecified atom stereocenters. The van der Waals surface area contributed by atoms with Crippen molar-refractivity contribution in [3.63, 3.8) is 0 Å². The molecular formula is C21H26ClFN4O3. The average Bonchev–Trinajstić information content (AvgIpc) is 3.40. The van der Waals surface area contributed by atoms with E-state index in [4.69, 9.17) is 11.6 Å². The molecule has 30 heavy (non-hydrogen) atoms. The molecule has 3 atom stereocenters. The average molecular weight is 437 g/mol. The molecule has 9 heteroatoms. The minimum atomic E-state index is -0.575. The molecule has 1 aromatic carbocycles. The molecule has 3 fully saturated rings. The topological polar surface area (TPSA) is 81.8 Å². The van der Waals surface area contributed by atoms with Crippen molar-refractivity contribution in [3.05, 3.63) is 34.6 Å². The highest BCUT2D eigenvalue weighted by atomic mass is 35.5. The Hall–Kier alpha value is -2.19. The molecule has 162 valence electrons. The Morgan fingerprint density at radius 3 is 2.77 bits per heavy atom. The van der Waals surface area contributed by atoms with Gasteiger partial charge in [-0.3, -0.25) is 19.3 Å². The van der Waals surface area contributed by atoms with E-state index in [9.17, 15) is 18.8 Å². The minimum Gasteiger partial charge on any atom is -0.353 e. The molecule has 0 aliphatic carbocycles. The van der Waals surface area contributed by atoms with Crippen molar-refractivity contribution in [1.82, 2.24) is 20.4 Å². The van der Waals surface area contributed by atoms with Crippen molar-refractivity contribution in [3.8, 4) is 0 Å². The quantitative estimate of drug-likeness (QED) is 0.733. The summed E-state index contributed by atoms with van der Waals surface area (Å²) in [5, 5.41) is 5.77. The fourth-order valence-corrected chi connectivity index (χ4v) is 4.85. The maximum absolute atomic E-state index is 13.3. The van der Waals surface area contributed by atoms with E-state index in [2.05, 4.69) is 15.5 Å². The number of halogens is 2. The monoisotopic (exact) mass is 436 g/mol. The van der Waals surface area contributed by atoms with Gasteiger partial charge in [0.05, 0.1) is 11.1 Å². The van der Waals surface area contributed by atoms with Crippen LogP contribution in [0.15, 0.2) is 18.2 Å². The van der Waals surface area contributed by atoms with Gasteiger partial charge in [0.2, 0.25) is 11.8 Å². The number of fused-ring (bicyclic) bond motifs is 1. The second kappa shape index (κ2) is 8.89. The molecule has 0 saturated carbocycles. The third kappa shape index (κ3) is 4.44. The van der Waals surface area contributed by atoms with Crippen LogP contribution in [0.25, 0.3) is 0 Å². The summed E-state index contributed by atoms with van der Waals surface area (Å²) in [5.74, 6) is -0.783. The van der Waals surface area contributed by atoms with Crippen molar-refractivity contribution < 1.29 is 18.8 Å². The van der Waals surface area contributed by atoms with Gasteiger partial charge in [0.1, 0.15) is 5.82 Å². The van der Waals surface area contributed by atoms with E-state index >= 15 is 0 Å². The highest BCUT2D eigenvalue weighted by Gasteiger charge is 2.44. The van der Waals surface area contributed by atoms with Gasteiger partial charge in [-0.25, -0.2) is 4.39 Å². The lowest BCUT2D eigenvalue weighted by molar-refractivity contribution is -0.131. The van der Waals surface area contributed by atoms with Gasteiger partial charge in [0.15, 0.2) is 0 Å². The number of hydrogen-bond acceptors (Lipinski definition) is 4. The van der Waals surface area contributed by atoms with Gasteiger partial charge in [-0.05, 0) is 43.9 Å². The Bertz CT molecular complexity index is 846. The summed E-state index contributed by atoms with van der Waals surface area (Å²) in [7, 11) is 0. The van der Waals surface area contributed by atoms with Crippen molar-refractivity contribution in [2.24, 2.45) is 0 Å². The number of carbonyl (C=O) groups is 3. The molecule has 2 N–H and O–H groups in total. The van der Waals surface area contributed by atoms with E-state index < -0.39 is 5.82 Å². The molecule has 3 saturated heterocycles. The van der Waals surface area contributed by atoms with Crippen LogP contribution >= 0.6 is 11.6 Å². The Balaban J connectivity index is 1.35. The maximum Gasteiger partial charge on any atom is 0.251 e. The second-order valence-corrected chi connectivity index (χ2v) is 8.68. The summed E-state index contributed by atoms with van der Waals surface area (Å²) < 4.78 is 13.3. The summed E-state index contributed by atoms with van der Waals surface area (Å²) in [5.41, 5.74) is 0.281. The van der Waals surface area contributed by atoms with Crippen LogP contribution in [-0.4, -0.2) is 71.8 Å². The fourth-order valence-electron chi connectivity index (χ4n) is 4.67. The summed E-state index contributed by atoms with van der Waals surface area (Å²) in [6.07, 6.45) is 3.79. The number of amides is 3. The largest absolute Gasteiger partial charge is 0.353 e. The van der Waals surface area contributed by atoms with E-state index in [0.717, 1.165) is 32.0 Å². The number of benzene rings is 1. The van der Waals surface area contributed by atoms with Gasteiger partial charge in [-0.15, -0.1) is 0 Å². The van der Waals surface area contributed by atoms with Crippen LogP contribution < -0.4 is 10.6 Å². The van der Waals surface area contributed by atoms with Crippen LogP contribution in [0.5, 0.6) is 0 Å². The molecule has 7 nitrogen and oxygen atoms in total. The van der Waals surface area contributed by atoms with Gasteiger partial charge in [0, 0.05) is 50.2 Å². The molecular weight excluding hydrogens is 411 g/mol. The van der Waals surface area contributed by atoms with Crippen LogP contribution in [0.3, 0.4) is 0 Å². The Morgan fingerprint density at radius 1 is 1.27 bits per heavy atom. The van der Waals surface area contributed by atoms with Gasteiger partial charge in [0.25, 0.3) is 5.91 Å². The molecule has 1 aromatic rings. The lowest BCUT2D eigenvalue weighted by atomic mass is 10.0. The Kier molecular flexibility index (Phi) is 6.24. The third-order valence-corrected chi connectivity index (χ3v) is 6.58. The summed E-state index contributed by atoms with van der Waals surface area (Å²) >= 11 is 5.77. The van der Waals surface area contributed by atoms with Crippen molar-refractivity contribution in [2.75, 3.05) is 26.2 Å². The number of rotatable bonds is 5. The van der Waals surface area contributed by atoms with Crippen LogP contribution in [0.2, 0.25) is 5.02 Å². The van der Waals surface area contributed by atoms with E-state index in [0.29, 0.717) is 32.4 Å². The first-order valence-electron chi connectivity index (χ1n) is 10.5. The summed E-state index contributed by atoms with van der Waals surface area (Å²) in [6.45, 7) is 2.74. The minimum absolute atomic E-state index is 0.0429. The third-order valence-electron chi connectivity index (χ3n) is 6.29. The number of piperazine rings is 1. The van der Waals surface area contributed by atoms with E-state index in [1.807, 2.05) is 4.90 Å². The molecule has 3 heterocycles. The van der Waals surface area contributed by atoms with Crippen molar-refractivity contribution in [1.29, 1.82) is 0 Å². The summed E-state index contributed by atoms with van der Waals surface area (Å²) in [4.78, 5) is 41.3. The van der Waals surface area contributed by atoms with Gasteiger partial charge in [-0.1, -0.05) is 11.6 Å². The number of nitrogens with one attached hydrogen (secondary N) is 2. The van der Waals surface area contributed by atoms with E-state index in [1.165, 1.54) is 12.1 Å². The predicted molar refractivity (Wildman–Crippen MR) is 110 cm³/mol. The van der Waals surface area contributed by atoms with E-state index in [-0.39, 0.29) is 46.4 Å². The van der Waals surface area contributed by atoms with Crippen LogP contribution in [0.4, 0.5) is 4.39 Å². The number of likely N-dealkylation sites (tertiary alicyclic amines) is 1. The summed E-state index contributed by atoms with van der Waals surface area (Å²) in [6, 6.07) is 3.41. The zero-order valence-corrected chi connectivity index (χ0v) is 17.5. The van der Waals surface area contributed by atoms with Crippen molar-refractivity contribution >= 4 is 29.3 Å². The lowest BCUT2D eigenvalue weighted by Crippen LogP contribution is -2.58. The zero-order chi connectivity index (χ0) is 21.3. The molecule has 0 aromatic heterocycles. The lowest BCUT2D eigenvalue weighted by Gasteiger charge is -2.37. The number of carbonyl (C=O) groups excluding carboxylic acids is 3. The fraction of sp³-hybridized carbons (Fsp3) is 0.571. The Labute approximate surface area is 179 Å². The number of hydrogen-bond donors (Lipinski definition) is 2. The first kappa shape index (κ1) is 21.1. The second-order valence-electron chi connectivity index (χ2n) is 8.27. The smallest absolute Gasteiger partial charge is 0.251 e. The van der Waals surface area contributed by atoms with E-state index in [1.54, 1.807) is 0 Å². The number of nitrogens with zero attached hydrogens (tertiary/aromatic N) is 2. The highest BCUT2D eigenvalue weighted by molar-refractivity contribution is 6.31.